The van der Waals surface area contributed by atoms with Crippen LogP contribution < -0.4 is 5.73 Å². The summed E-state index contributed by atoms with van der Waals surface area (Å²) in [5, 5.41) is 30.0. The van der Waals surface area contributed by atoms with E-state index in [0.29, 0.717) is 16.1 Å². The summed E-state index contributed by atoms with van der Waals surface area (Å²) in [7, 11) is 0. The number of hydrogen-bond acceptors (Lipinski definition) is 8. The number of nitrogen functional groups attached to an aromatic ring is 1. The predicted octanol–water partition coefficient (Wildman–Crippen LogP) is -1.09. The third-order valence-corrected chi connectivity index (χ3v) is 3.70. The van der Waals surface area contributed by atoms with Crippen LogP contribution >= 0.6 is 12.6 Å². The maximum atomic E-state index is 10.0. The summed E-state index contributed by atoms with van der Waals surface area (Å²) < 4.78 is 6.99. The second-order valence-electron chi connectivity index (χ2n) is 4.59. The van der Waals surface area contributed by atoms with Crippen LogP contribution in [0.4, 0.5) is 5.95 Å². The monoisotopic (exact) mass is 298 g/mol. The first-order chi connectivity index (χ1) is 9.52. The van der Waals surface area contributed by atoms with Gasteiger partial charge >= 0.3 is 0 Å². The fraction of sp³-hybridized carbons (Fsp3) is 0.455. The molecule has 1 saturated heterocycles. The largest absolute Gasteiger partial charge is 0.394 e. The number of nitrogens with zero attached hydrogens (tertiary/aromatic N) is 3. The van der Waals surface area contributed by atoms with Crippen molar-refractivity contribution in [2.75, 3.05) is 12.3 Å². The highest BCUT2D eigenvalue weighted by Crippen LogP contribution is 2.33. The van der Waals surface area contributed by atoms with Gasteiger partial charge in [-0.3, -0.25) is 0 Å². The summed E-state index contributed by atoms with van der Waals surface area (Å²) in [4.78, 5) is 8.03. The molecule has 1 fully saturated rings. The quantitative estimate of drug-likeness (QED) is 0.352. The van der Waals surface area contributed by atoms with E-state index in [1.165, 1.54) is 4.57 Å². The Hall–Kier alpha value is -1.39. The Balaban J connectivity index is 2.07. The number of rotatable bonds is 2. The Morgan fingerprint density at radius 3 is 2.75 bits per heavy atom. The Bertz CT molecular complexity index is 649. The number of anilines is 1. The van der Waals surface area contributed by atoms with E-state index in [0.717, 1.165) is 0 Å². The summed E-state index contributed by atoms with van der Waals surface area (Å²) in [5.74, 6) is 0.0502. The zero-order chi connectivity index (χ0) is 14.4. The second-order valence-corrected chi connectivity index (χ2v) is 5.02. The molecule has 4 atom stereocenters. The van der Waals surface area contributed by atoms with Crippen LogP contribution in [-0.4, -0.2) is 54.8 Å². The van der Waals surface area contributed by atoms with E-state index in [-0.39, 0.29) is 12.6 Å². The molecule has 1 aliphatic rings. The van der Waals surface area contributed by atoms with Crippen LogP contribution in [-0.2, 0) is 4.74 Å². The number of aliphatic hydroxyl groups is 3. The number of fused-ring (bicyclic) bond motifs is 1. The molecule has 1 unspecified atom stereocenters. The van der Waals surface area contributed by atoms with Gasteiger partial charge in [-0.1, -0.05) is 0 Å². The van der Waals surface area contributed by atoms with Crippen molar-refractivity contribution in [2.45, 2.75) is 29.6 Å². The van der Waals surface area contributed by atoms with E-state index in [1.54, 1.807) is 12.3 Å². The highest BCUT2D eigenvalue weighted by molar-refractivity contribution is 7.80. The van der Waals surface area contributed by atoms with Crippen LogP contribution in [0.5, 0.6) is 0 Å². The Labute approximate surface area is 119 Å². The zero-order valence-corrected chi connectivity index (χ0v) is 11.2. The molecular formula is C11H14N4O4S. The molecule has 3 heterocycles. The molecule has 108 valence electrons. The van der Waals surface area contributed by atoms with Crippen molar-refractivity contribution < 1.29 is 20.1 Å². The molecule has 2 aromatic heterocycles. The SMILES string of the molecule is Nc1nc(S)c2ccn(C3O[C@H](CO)[C@@H](O)[C@H]3O)c2n1. The van der Waals surface area contributed by atoms with Crippen molar-refractivity contribution in [2.24, 2.45) is 0 Å². The average molecular weight is 298 g/mol. The lowest BCUT2D eigenvalue weighted by atomic mass is 10.1. The van der Waals surface area contributed by atoms with Gasteiger partial charge < -0.3 is 30.4 Å². The highest BCUT2D eigenvalue weighted by atomic mass is 32.1. The van der Waals surface area contributed by atoms with Gasteiger partial charge in [-0.2, -0.15) is 4.98 Å². The molecule has 0 aromatic carbocycles. The van der Waals surface area contributed by atoms with E-state index in [9.17, 15) is 10.2 Å². The van der Waals surface area contributed by atoms with Gasteiger partial charge in [-0.15, -0.1) is 12.6 Å². The highest BCUT2D eigenvalue weighted by Gasteiger charge is 2.43. The van der Waals surface area contributed by atoms with Crippen LogP contribution in [0.1, 0.15) is 6.23 Å². The molecule has 0 aliphatic carbocycles. The summed E-state index contributed by atoms with van der Waals surface area (Å²) in [6.45, 7) is -0.386. The van der Waals surface area contributed by atoms with Gasteiger partial charge in [0, 0.05) is 6.20 Å². The van der Waals surface area contributed by atoms with Crippen molar-refractivity contribution in [3.63, 3.8) is 0 Å². The van der Waals surface area contributed by atoms with Crippen molar-refractivity contribution in [3.05, 3.63) is 12.3 Å². The van der Waals surface area contributed by atoms with Gasteiger partial charge in [0.15, 0.2) is 6.23 Å². The second kappa shape index (κ2) is 4.86. The molecule has 0 amide bonds. The third-order valence-electron chi connectivity index (χ3n) is 3.36. The van der Waals surface area contributed by atoms with E-state index >= 15 is 0 Å². The van der Waals surface area contributed by atoms with Gasteiger partial charge in [0.05, 0.1) is 12.0 Å². The van der Waals surface area contributed by atoms with E-state index < -0.39 is 24.5 Å². The molecule has 0 saturated carbocycles. The molecule has 5 N–H and O–H groups in total. The lowest BCUT2D eigenvalue weighted by Gasteiger charge is -2.17. The van der Waals surface area contributed by atoms with Gasteiger partial charge in [0.2, 0.25) is 5.95 Å². The minimum atomic E-state index is -1.18. The number of nitrogens with two attached hydrogens (primary N) is 1. The van der Waals surface area contributed by atoms with Crippen molar-refractivity contribution >= 4 is 29.6 Å². The molecule has 2 aromatic rings. The average Bonchev–Trinajstić information content (AvgIpc) is 2.93. The number of aliphatic hydroxyl groups excluding tert-OH is 3. The number of hydrogen-bond donors (Lipinski definition) is 5. The minimum Gasteiger partial charge on any atom is -0.394 e. The number of thiol groups is 1. The predicted molar refractivity (Wildman–Crippen MR) is 72.2 cm³/mol. The third kappa shape index (κ3) is 1.95. The van der Waals surface area contributed by atoms with E-state index in [1.807, 2.05) is 0 Å². The smallest absolute Gasteiger partial charge is 0.223 e. The normalized spacial score (nSPS) is 30.2. The van der Waals surface area contributed by atoms with Crippen LogP contribution in [0, 0.1) is 0 Å². The number of aromatic nitrogens is 3. The zero-order valence-electron chi connectivity index (χ0n) is 10.3. The van der Waals surface area contributed by atoms with Crippen LogP contribution in [0.2, 0.25) is 0 Å². The lowest BCUT2D eigenvalue weighted by Crippen LogP contribution is -2.33. The van der Waals surface area contributed by atoms with Gasteiger partial charge in [-0.05, 0) is 6.07 Å². The fourth-order valence-corrected chi connectivity index (χ4v) is 2.63. The molecule has 3 rings (SSSR count). The van der Waals surface area contributed by atoms with Crippen LogP contribution in [0.25, 0.3) is 11.0 Å². The van der Waals surface area contributed by atoms with E-state index in [2.05, 4.69) is 22.6 Å². The summed E-state index contributed by atoms with van der Waals surface area (Å²) in [5.41, 5.74) is 6.03. The minimum absolute atomic E-state index is 0.0502. The Kier molecular flexibility index (Phi) is 3.30. The lowest BCUT2D eigenvalue weighted by molar-refractivity contribution is -0.0508. The molecule has 8 nitrogen and oxygen atoms in total. The molecule has 20 heavy (non-hydrogen) atoms. The summed E-state index contributed by atoms with van der Waals surface area (Å²) >= 11 is 4.22. The van der Waals surface area contributed by atoms with Crippen molar-refractivity contribution in [1.82, 2.24) is 14.5 Å². The van der Waals surface area contributed by atoms with Crippen molar-refractivity contribution in [1.29, 1.82) is 0 Å². The van der Waals surface area contributed by atoms with Gasteiger partial charge in [0.25, 0.3) is 0 Å². The molecule has 9 heteroatoms. The first kappa shape index (κ1) is 13.6. The summed E-state index contributed by atoms with van der Waals surface area (Å²) in [6, 6.07) is 1.71. The molecule has 0 spiro atoms. The first-order valence-corrected chi connectivity index (χ1v) is 6.43. The van der Waals surface area contributed by atoms with E-state index in [4.69, 9.17) is 15.6 Å². The fourth-order valence-electron chi connectivity index (χ4n) is 2.35. The topological polar surface area (TPSA) is 127 Å². The van der Waals surface area contributed by atoms with Crippen LogP contribution in [0.3, 0.4) is 0 Å². The standard InChI is InChI=1S/C11H14N4O4S/c12-11-13-8-4(9(20)14-11)1-2-15(8)10-7(18)6(17)5(3-16)19-10/h1-2,5-7,10,16-18H,3H2,(H3,12,13,14,20)/t5-,6-,7-,10?/m1/s1. The molecule has 0 radical (unpaired) electrons. The number of ether oxygens (including phenoxy) is 1. The van der Waals surface area contributed by atoms with Crippen molar-refractivity contribution in [3.8, 4) is 0 Å². The Morgan fingerprint density at radius 1 is 1.35 bits per heavy atom. The first-order valence-electron chi connectivity index (χ1n) is 5.98. The molecule has 1 aliphatic heterocycles. The maximum absolute atomic E-state index is 10.0. The summed E-state index contributed by atoms with van der Waals surface area (Å²) in [6.07, 6.45) is -2.41. The maximum Gasteiger partial charge on any atom is 0.223 e. The molecule has 0 bridgehead atoms. The van der Waals surface area contributed by atoms with Crippen LogP contribution in [0.15, 0.2) is 17.3 Å². The van der Waals surface area contributed by atoms with Gasteiger partial charge in [0.1, 0.15) is 29.0 Å². The van der Waals surface area contributed by atoms with Gasteiger partial charge in [-0.25, -0.2) is 4.98 Å². The Morgan fingerprint density at radius 2 is 2.10 bits per heavy atom. The molecular weight excluding hydrogens is 284 g/mol.